The van der Waals surface area contributed by atoms with Crippen molar-refractivity contribution in [3.63, 3.8) is 0 Å². The molecule has 2 rings (SSSR count). The van der Waals surface area contributed by atoms with Crippen molar-refractivity contribution in [2.24, 2.45) is 28.6 Å². The van der Waals surface area contributed by atoms with Crippen LogP contribution in [0.1, 0.15) is 68.2 Å². The zero-order chi connectivity index (χ0) is 35.4. The first kappa shape index (κ1) is 39.1. The summed E-state index contributed by atoms with van der Waals surface area (Å²) in [4.78, 5) is 68.2. The lowest BCUT2D eigenvalue weighted by Gasteiger charge is -2.38. The predicted octanol–water partition coefficient (Wildman–Crippen LogP) is 0.760. The molecule has 2 fully saturated rings. The molecule has 0 bridgehead atoms. The molecule has 6 atom stereocenters. The Morgan fingerprint density at radius 1 is 1.07 bits per heavy atom. The molecule has 5 amide bonds. The van der Waals surface area contributed by atoms with E-state index in [0.717, 1.165) is 4.31 Å². The van der Waals surface area contributed by atoms with Crippen LogP contribution in [-0.2, 0) is 29.4 Å². The Morgan fingerprint density at radius 3 is 2.17 bits per heavy atom. The number of rotatable bonds is 16. The minimum absolute atomic E-state index is 0.0490. The van der Waals surface area contributed by atoms with E-state index < -0.39 is 69.3 Å². The fourth-order valence-electron chi connectivity index (χ4n) is 5.97. The second kappa shape index (κ2) is 15.2. The average molecular weight is 670 g/mol. The van der Waals surface area contributed by atoms with Crippen molar-refractivity contribution in [2.75, 3.05) is 33.7 Å². The summed E-state index contributed by atoms with van der Waals surface area (Å²) >= 11 is 0. The second-order valence-corrected chi connectivity index (χ2v) is 16.5. The zero-order valence-electron chi connectivity index (χ0n) is 29.0. The number of ketones is 1. The van der Waals surface area contributed by atoms with Crippen molar-refractivity contribution in [2.45, 2.75) is 92.4 Å². The predicted molar refractivity (Wildman–Crippen MR) is 175 cm³/mol. The van der Waals surface area contributed by atoms with Gasteiger partial charge in [-0.3, -0.25) is 19.2 Å². The number of amides is 5. The Morgan fingerprint density at radius 2 is 1.67 bits per heavy atom. The maximum absolute atomic E-state index is 14.2. The molecule has 5 N–H and O–H groups in total. The van der Waals surface area contributed by atoms with Gasteiger partial charge in [-0.1, -0.05) is 67.9 Å². The minimum atomic E-state index is -3.72. The maximum Gasteiger partial charge on any atom is 0.315 e. The van der Waals surface area contributed by atoms with Crippen LogP contribution in [-0.4, -0.2) is 105 Å². The molecule has 0 aromatic rings. The van der Waals surface area contributed by atoms with Crippen LogP contribution in [0.3, 0.4) is 0 Å². The highest BCUT2D eigenvalue weighted by Gasteiger charge is 2.70. The fraction of sp³-hybridized carbons (Fsp3) is 0.774. The maximum atomic E-state index is 14.2. The number of nitrogens with zero attached hydrogens (tertiary/aromatic N) is 2. The number of likely N-dealkylation sites (tertiary alicyclic amines) is 1. The van der Waals surface area contributed by atoms with E-state index in [2.05, 4.69) is 32.6 Å². The first-order valence-corrected chi connectivity index (χ1v) is 17.3. The standard InChI is InChI=1S/C31H55N7O7S/c1-12-14-20(24(39)27(41)32-15-13-2)34-26(40)23-22-19(31(22,8)9)17-38(23)28(42)25(30(5,6)7)36-29(43)35-21(18(3)4)16-33-46(44,45)37(10)11/h13,18-23,25,33H,2,12,14-17H2,1,3-11H3,(H,32,41)(H,34,40)(H2,35,36,43)/t19-,20?,21+,22-,23-,25+/m0/s1. The van der Waals surface area contributed by atoms with Crippen molar-refractivity contribution in [3.8, 4) is 0 Å². The normalized spacial score (nSPS) is 22.3. The number of nitrogens with one attached hydrogen (secondary N) is 5. The van der Waals surface area contributed by atoms with Crippen LogP contribution >= 0.6 is 0 Å². The highest BCUT2D eigenvalue weighted by Crippen LogP contribution is 2.65. The molecule has 1 saturated carbocycles. The van der Waals surface area contributed by atoms with Crippen LogP contribution in [0.15, 0.2) is 12.7 Å². The van der Waals surface area contributed by atoms with Crippen LogP contribution < -0.4 is 26.0 Å². The van der Waals surface area contributed by atoms with E-state index in [1.165, 1.54) is 25.1 Å². The van der Waals surface area contributed by atoms with Gasteiger partial charge in [0.25, 0.3) is 16.1 Å². The molecule has 15 heteroatoms. The molecular weight excluding hydrogens is 614 g/mol. The van der Waals surface area contributed by atoms with Crippen LogP contribution in [0, 0.1) is 28.6 Å². The average Bonchev–Trinajstić information content (AvgIpc) is 3.27. The number of carbonyl (C=O) groups is 5. The minimum Gasteiger partial charge on any atom is -0.346 e. The lowest BCUT2D eigenvalue weighted by atomic mass is 9.85. The Hall–Kier alpha value is -3.04. The number of carbonyl (C=O) groups excluding carboxylic acids is 5. The van der Waals surface area contributed by atoms with Gasteiger partial charge in [0.05, 0.1) is 6.04 Å². The van der Waals surface area contributed by atoms with E-state index >= 15 is 0 Å². The van der Waals surface area contributed by atoms with Crippen LogP contribution in [0.2, 0.25) is 0 Å². The van der Waals surface area contributed by atoms with E-state index in [9.17, 15) is 32.4 Å². The molecule has 0 aromatic carbocycles. The van der Waals surface area contributed by atoms with Gasteiger partial charge in [0.15, 0.2) is 0 Å². The fourth-order valence-corrected chi connectivity index (χ4v) is 6.62. The summed E-state index contributed by atoms with van der Waals surface area (Å²) in [7, 11) is -0.930. The number of fused-ring (bicyclic) bond motifs is 1. The van der Waals surface area contributed by atoms with Gasteiger partial charge in [-0.15, -0.1) is 6.58 Å². The third kappa shape index (κ3) is 9.28. The van der Waals surface area contributed by atoms with Crippen molar-refractivity contribution in [1.82, 2.24) is 35.2 Å². The number of Topliss-reactive ketones (excluding diaryl/α,β-unsaturated/α-hetero) is 1. The summed E-state index contributed by atoms with van der Waals surface area (Å²) in [6.45, 7) is 18.9. The molecular formula is C31H55N7O7S. The molecule has 14 nitrogen and oxygen atoms in total. The number of hydrogen-bond acceptors (Lipinski definition) is 7. The van der Waals surface area contributed by atoms with Crippen LogP contribution in [0.5, 0.6) is 0 Å². The van der Waals surface area contributed by atoms with Gasteiger partial charge in [0, 0.05) is 39.8 Å². The Balaban J connectivity index is 2.28. The van der Waals surface area contributed by atoms with Crippen molar-refractivity contribution >= 4 is 39.7 Å². The molecule has 46 heavy (non-hydrogen) atoms. The SMILES string of the molecule is C=CCNC(=O)C(=O)C(CCC)NC(=O)[C@@H]1[C@@H]2[C@H](CN1C(=O)[C@@H](NC(=O)N[C@H](CNS(=O)(=O)N(C)C)C(C)C)C(C)(C)C)C2(C)C. The molecule has 1 aliphatic heterocycles. The van der Waals surface area contributed by atoms with Crippen molar-refractivity contribution in [3.05, 3.63) is 12.7 Å². The summed E-state index contributed by atoms with van der Waals surface area (Å²) in [6.07, 6.45) is 2.24. The first-order chi connectivity index (χ1) is 21.1. The highest BCUT2D eigenvalue weighted by molar-refractivity contribution is 7.87. The third-order valence-corrected chi connectivity index (χ3v) is 10.6. The summed E-state index contributed by atoms with van der Waals surface area (Å²) in [6, 6.07) is -4.22. The van der Waals surface area contributed by atoms with Gasteiger partial charge in [-0.05, 0) is 35.0 Å². The monoisotopic (exact) mass is 669 g/mol. The van der Waals surface area contributed by atoms with E-state index in [1.54, 1.807) is 20.8 Å². The van der Waals surface area contributed by atoms with Crippen LogP contribution in [0.4, 0.5) is 4.79 Å². The van der Waals surface area contributed by atoms with Gasteiger partial charge in [-0.25, -0.2) is 9.52 Å². The van der Waals surface area contributed by atoms with Crippen molar-refractivity contribution < 1.29 is 32.4 Å². The largest absolute Gasteiger partial charge is 0.346 e. The summed E-state index contributed by atoms with van der Waals surface area (Å²) in [5.41, 5.74) is -0.974. The molecule has 1 saturated heterocycles. The molecule has 0 spiro atoms. The van der Waals surface area contributed by atoms with Gasteiger partial charge in [0.1, 0.15) is 12.1 Å². The second-order valence-electron chi connectivity index (χ2n) is 14.5. The topological polar surface area (TPSA) is 186 Å². The van der Waals surface area contributed by atoms with Gasteiger partial charge in [-0.2, -0.15) is 12.7 Å². The first-order valence-electron chi connectivity index (χ1n) is 15.9. The number of urea groups is 1. The smallest absolute Gasteiger partial charge is 0.315 e. The van der Waals surface area contributed by atoms with E-state index in [4.69, 9.17) is 0 Å². The van der Waals surface area contributed by atoms with Crippen molar-refractivity contribution in [1.29, 1.82) is 0 Å². The number of hydrogen-bond donors (Lipinski definition) is 5. The van der Waals surface area contributed by atoms with Gasteiger partial charge in [0.2, 0.25) is 17.6 Å². The van der Waals surface area contributed by atoms with E-state index in [0.29, 0.717) is 13.0 Å². The Labute approximate surface area is 274 Å². The van der Waals surface area contributed by atoms with E-state index in [-0.39, 0.29) is 42.7 Å². The lowest BCUT2D eigenvalue weighted by Crippen LogP contribution is -2.62. The molecule has 0 radical (unpaired) electrons. The summed E-state index contributed by atoms with van der Waals surface area (Å²) < 4.78 is 28.0. The zero-order valence-corrected chi connectivity index (χ0v) is 29.8. The van der Waals surface area contributed by atoms with Crippen LogP contribution in [0.25, 0.3) is 0 Å². The summed E-state index contributed by atoms with van der Waals surface area (Å²) in [5.74, 6) is -2.79. The molecule has 1 unspecified atom stereocenters. The quantitative estimate of drug-likeness (QED) is 0.119. The molecule has 0 aromatic heterocycles. The highest BCUT2D eigenvalue weighted by atomic mass is 32.2. The number of piperidine rings is 1. The molecule has 2 aliphatic rings. The van der Waals surface area contributed by atoms with E-state index in [1.807, 2.05) is 34.6 Å². The summed E-state index contributed by atoms with van der Waals surface area (Å²) in [5, 5.41) is 10.8. The Kier molecular flexibility index (Phi) is 13.0. The van der Waals surface area contributed by atoms with Gasteiger partial charge < -0.3 is 26.2 Å². The Bertz CT molecular complexity index is 1280. The molecule has 1 aliphatic carbocycles. The lowest BCUT2D eigenvalue weighted by molar-refractivity contribution is -0.145. The molecule has 262 valence electrons. The van der Waals surface area contributed by atoms with Gasteiger partial charge >= 0.3 is 6.03 Å². The molecule has 1 heterocycles. The third-order valence-electron chi connectivity index (χ3n) is 9.08.